The van der Waals surface area contributed by atoms with Crippen LogP contribution in [0.2, 0.25) is 0 Å². The van der Waals surface area contributed by atoms with Gasteiger partial charge in [-0.05, 0) is 38.0 Å². The first kappa shape index (κ1) is 18.5. The molecule has 0 aromatic carbocycles. The van der Waals surface area contributed by atoms with Crippen molar-refractivity contribution in [2.24, 2.45) is 5.92 Å². The van der Waals surface area contributed by atoms with Crippen LogP contribution in [-0.2, 0) is 0 Å². The van der Waals surface area contributed by atoms with Gasteiger partial charge in [-0.15, -0.1) is 6.58 Å². The van der Waals surface area contributed by atoms with Gasteiger partial charge in [0.25, 0.3) is 0 Å². The van der Waals surface area contributed by atoms with Gasteiger partial charge < -0.3 is 0 Å². The average molecular weight is 264 g/mol. The smallest absolute Gasteiger partial charge is 0.0231 e. The Balaban J connectivity index is 3.76. The van der Waals surface area contributed by atoms with Crippen molar-refractivity contribution in [3.05, 3.63) is 24.8 Å². The molecule has 0 bridgehead atoms. The van der Waals surface area contributed by atoms with Crippen LogP contribution in [0.15, 0.2) is 24.8 Å². The minimum atomic E-state index is 0.793. The molecule has 0 saturated heterocycles. The molecule has 0 N–H and O–H groups in total. The van der Waals surface area contributed by atoms with Crippen LogP contribution in [0.25, 0.3) is 0 Å². The Morgan fingerprint density at radius 2 is 1.47 bits per heavy atom. The fraction of sp³-hybridized carbons (Fsp3) is 0.789. The predicted octanol–water partition coefficient (Wildman–Crippen LogP) is 7.07. The molecule has 0 radical (unpaired) electrons. The molecule has 0 rings (SSSR count). The lowest BCUT2D eigenvalue weighted by atomic mass is 9.95. The second-order valence-corrected chi connectivity index (χ2v) is 5.75. The summed E-state index contributed by atoms with van der Waals surface area (Å²) >= 11 is 0. The van der Waals surface area contributed by atoms with Gasteiger partial charge in [0.2, 0.25) is 0 Å². The molecule has 0 spiro atoms. The van der Waals surface area contributed by atoms with E-state index in [1.807, 2.05) is 0 Å². The first-order valence-electron chi connectivity index (χ1n) is 8.62. The lowest BCUT2D eigenvalue weighted by Gasteiger charge is -2.11. The predicted molar refractivity (Wildman–Crippen MR) is 89.6 cm³/mol. The van der Waals surface area contributed by atoms with E-state index in [0.717, 1.165) is 5.92 Å². The molecule has 0 amide bonds. The molecule has 0 aliphatic carbocycles. The second kappa shape index (κ2) is 15.5. The molecular formula is C19H36. The SMILES string of the molecule is C=CCCC(C=CCCCCCC)CCCCCC. The van der Waals surface area contributed by atoms with E-state index in [4.69, 9.17) is 0 Å². The molecule has 0 aliphatic rings. The molecule has 19 heavy (non-hydrogen) atoms. The van der Waals surface area contributed by atoms with Gasteiger partial charge in [-0.25, -0.2) is 0 Å². The maximum Gasteiger partial charge on any atom is -0.0231 e. The zero-order valence-corrected chi connectivity index (χ0v) is 13.5. The standard InChI is InChI=1S/C19H36/c1-4-7-10-12-13-15-18-19(16-9-6-3)17-14-11-8-5-2/h6,15,18-19H,3-5,7-14,16-17H2,1-2H3. The molecule has 0 heteroatoms. The summed E-state index contributed by atoms with van der Waals surface area (Å²) in [5.74, 6) is 0.793. The lowest BCUT2D eigenvalue weighted by Crippen LogP contribution is -1.96. The lowest BCUT2D eigenvalue weighted by molar-refractivity contribution is 0.503. The summed E-state index contributed by atoms with van der Waals surface area (Å²) in [6, 6.07) is 0. The van der Waals surface area contributed by atoms with Crippen LogP contribution < -0.4 is 0 Å². The Morgan fingerprint density at radius 1 is 0.789 bits per heavy atom. The van der Waals surface area contributed by atoms with Crippen LogP contribution >= 0.6 is 0 Å². The Bertz CT molecular complexity index is 202. The van der Waals surface area contributed by atoms with E-state index >= 15 is 0 Å². The first-order chi connectivity index (χ1) is 9.35. The van der Waals surface area contributed by atoms with Gasteiger partial charge in [0.05, 0.1) is 0 Å². The molecule has 0 nitrogen and oxygen atoms in total. The van der Waals surface area contributed by atoms with Gasteiger partial charge in [-0.1, -0.05) is 77.0 Å². The van der Waals surface area contributed by atoms with Crippen LogP contribution in [0.5, 0.6) is 0 Å². The highest BCUT2D eigenvalue weighted by Crippen LogP contribution is 2.18. The van der Waals surface area contributed by atoms with Crippen LogP contribution in [0.3, 0.4) is 0 Å². The molecule has 112 valence electrons. The second-order valence-electron chi connectivity index (χ2n) is 5.75. The highest BCUT2D eigenvalue weighted by atomic mass is 14.1. The number of rotatable bonds is 14. The van der Waals surface area contributed by atoms with E-state index in [-0.39, 0.29) is 0 Å². The largest absolute Gasteiger partial charge is 0.103 e. The third-order valence-electron chi connectivity index (χ3n) is 3.80. The third kappa shape index (κ3) is 13.7. The molecule has 0 aromatic heterocycles. The fourth-order valence-corrected chi connectivity index (χ4v) is 2.48. The summed E-state index contributed by atoms with van der Waals surface area (Å²) < 4.78 is 0. The van der Waals surface area contributed by atoms with Gasteiger partial charge in [0.15, 0.2) is 0 Å². The van der Waals surface area contributed by atoms with Crippen molar-refractivity contribution in [2.75, 3.05) is 0 Å². The van der Waals surface area contributed by atoms with E-state index in [1.54, 1.807) is 0 Å². The molecule has 0 aromatic rings. The molecule has 0 fully saturated rings. The van der Waals surface area contributed by atoms with Crippen LogP contribution in [-0.4, -0.2) is 0 Å². The minimum absolute atomic E-state index is 0.793. The van der Waals surface area contributed by atoms with E-state index < -0.39 is 0 Å². The van der Waals surface area contributed by atoms with E-state index in [0.29, 0.717) is 0 Å². The number of allylic oxidation sites excluding steroid dienone is 3. The Morgan fingerprint density at radius 3 is 2.11 bits per heavy atom. The van der Waals surface area contributed by atoms with E-state index in [9.17, 15) is 0 Å². The number of hydrogen-bond acceptors (Lipinski definition) is 0. The number of unbranched alkanes of at least 4 members (excludes halogenated alkanes) is 7. The van der Waals surface area contributed by atoms with Crippen molar-refractivity contribution in [1.82, 2.24) is 0 Å². The summed E-state index contributed by atoms with van der Waals surface area (Å²) in [5.41, 5.74) is 0. The van der Waals surface area contributed by atoms with Crippen molar-refractivity contribution in [2.45, 2.75) is 90.9 Å². The first-order valence-corrected chi connectivity index (χ1v) is 8.62. The quantitative estimate of drug-likeness (QED) is 0.232. The topological polar surface area (TPSA) is 0 Å². The summed E-state index contributed by atoms with van der Waals surface area (Å²) in [6.07, 6.45) is 23.1. The Hall–Kier alpha value is -0.520. The maximum absolute atomic E-state index is 3.85. The maximum atomic E-state index is 3.85. The van der Waals surface area contributed by atoms with Crippen LogP contribution in [0.4, 0.5) is 0 Å². The van der Waals surface area contributed by atoms with Crippen molar-refractivity contribution in [1.29, 1.82) is 0 Å². The Labute approximate surface area is 122 Å². The van der Waals surface area contributed by atoms with Gasteiger partial charge in [0.1, 0.15) is 0 Å². The third-order valence-corrected chi connectivity index (χ3v) is 3.80. The van der Waals surface area contributed by atoms with Gasteiger partial charge in [0, 0.05) is 0 Å². The van der Waals surface area contributed by atoms with Crippen molar-refractivity contribution in [3.8, 4) is 0 Å². The summed E-state index contributed by atoms with van der Waals surface area (Å²) in [6.45, 7) is 8.41. The highest BCUT2D eigenvalue weighted by molar-refractivity contribution is 4.89. The van der Waals surface area contributed by atoms with Crippen molar-refractivity contribution < 1.29 is 0 Å². The average Bonchev–Trinajstić information content (AvgIpc) is 2.43. The van der Waals surface area contributed by atoms with Gasteiger partial charge in [-0.3, -0.25) is 0 Å². The van der Waals surface area contributed by atoms with Gasteiger partial charge in [-0.2, -0.15) is 0 Å². The zero-order chi connectivity index (χ0) is 14.2. The van der Waals surface area contributed by atoms with Gasteiger partial charge >= 0.3 is 0 Å². The monoisotopic (exact) mass is 264 g/mol. The molecular weight excluding hydrogens is 228 g/mol. The minimum Gasteiger partial charge on any atom is -0.103 e. The molecule has 0 aliphatic heterocycles. The molecule has 0 saturated carbocycles. The molecule has 1 atom stereocenters. The molecule has 1 unspecified atom stereocenters. The summed E-state index contributed by atoms with van der Waals surface area (Å²) in [7, 11) is 0. The number of hydrogen-bond donors (Lipinski definition) is 0. The summed E-state index contributed by atoms with van der Waals surface area (Å²) in [5, 5.41) is 0. The normalized spacial score (nSPS) is 12.9. The van der Waals surface area contributed by atoms with E-state index in [1.165, 1.54) is 77.0 Å². The van der Waals surface area contributed by atoms with Crippen molar-refractivity contribution >= 4 is 0 Å². The van der Waals surface area contributed by atoms with Crippen LogP contribution in [0.1, 0.15) is 90.9 Å². The van der Waals surface area contributed by atoms with Crippen molar-refractivity contribution in [3.63, 3.8) is 0 Å². The van der Waals surface area contributed by atoms with Crippen LogP contribution in [0, 0.1) is 5.92 Å². The van der Waals surface area contributed by atoms with E-state index in [2.05, 4.69) is 38.7 Å². The zero-order valence-electron chi connectivity index (χ0n) is 13.5. The summed E-state index contributed by atoms with van der Waals surface area (Å²) in [4.78, 5) is 0. The fourth-order valence-electron chi connectivity index (χ4n) is 2.48. The molecule has 0 heterocycles. The Kier molecular flexibility index (Phi) is 15.1. The highest BCUT2D eigenvalue weighted by Gasteiger charge is 2.03.